The summed E-state index contributed by atoms with van der Waals surface area (Å²) in [5, 5.41) is 0. The average molecular weight is 339 g/mol. The monoisotopic (exact) mass is 338 g/mol. The van der Waals surface area contributed by atoms with Crippen molar-refractivity contribution in [3.8, 4) is 17.2 Å². The number of hydrogen-bond acceptors (Lipinski definition) is 3. The molecule has 0 amide bonds. The summed E-state index contributed by atoms with van der Waals surface area (Å²) < 4.78 is 25.1. The van der Waals surface area contributed by atoms with Crippen LogP contribution in [0, 0.1) is 5.82 Å². The lowest BCUT2D eigenvalue weighted by Crippen LogP contribution is -1.95. The summed E-state index contributed by atoms with van der Waals surface area (Å²) in [4.78, 5) is 11.2. The number of benzene rings is 2. The molecule has 104 valence electrons. The van der Waals surface area contributed by atoms with E-state index in [1.807, 2.05) is 0 Å². The van der Waals surface area contributed by atoms with Crippen LogP contribution >= 0.6 is 15.9 Å². The van der Waals surface area contributed by atoms with E-state index in [1.165, 1.54) is 19.1 Å². The Bertz CT molecular complexity index is 656. The Balaban J connectivity index is 2.28. The van der Waals surface area contributed by atoms with Crippen LogP contribution in [0.25, 0.3) is 0 Å². The lowest BCUT2D eigenvalue weighted by Gasteiger charge is -2.10. The van der Waals surface area contributed by atoms with Gasteiger partial charge in [-0.25, -0.2) is 4.39 Å². The summed E-state index contributed by atoms with van der Waals surface area (Å²) in [5.41, 5.74) is 0.309. The van der Waals surface area contributed by atoms with E-state index >= 15 is 0 Å². The molecule has 0 atom stereocenters. The Morgan fingerprint density at radius 1 is 1.15 bits per heavy atom. The number of carbonyl (C=O) groups is 1. The Morgan fingerprint density at radius 3 is 2.40 bits per heavy atom. The third-order valence-electron chi connectivity index (χ3n) is 2.70. The molecular weight excluding hydrogens is 327 g/mol. The van der Waals surface area contributed by atoms with Crippen molar-refractivity contribution in [1.29, 1.82) is 0 Å². The van der Waals surface area contributed by atoms with Crippen molar-refractivity contribution in [3.05, 3.63) is 52.3 Å². The van der Waals surface area contributed by atoms with Gasteiger partial charge >= 0.3 is 0 Å². The predicted octanol–water partition coefficient (Wildman–Crippen LogP) is 4.59. The standard InChI is InChI=1S/C15H12BrFO3/c1-9(18)10-3-5-15(13(17)7-10)20-14-6-4-11(19-2)8-12(14)16/h3-8H,1-2H3. The first-order chi connectivity index (χ1) is 9.51. The molecule has 3 nitrogen and oxygen atoms in total. The van der Waals surface area contributed by atoms with Crippen molar-refractivity contribution >= 4 is 21.7 Å². The molecule has 5 heteroatoms. The van der Waals surface area contributed by atoms with Crippen LogP contribution in [-0.2, 0) is 0 Å². The molecule has 0 saturated carbocycles. The molecule has 0 N–H and O–H groups in total. The van der Waals surface area contributed by atoms with Crippen molar-refractivity contribution in [1.82, 2.24) is 0 Å². The summed E-state index contributed by atoms with van der Waals surface area (Å²) in [5.74, 6) is 0.402. The summed E-state index contributed by atoms with van der Waals surface area (Å²) in [7, 11) is 1.56. The highest BCUT2D eigenvalue weighted by Gasteiger charge is 2.10. The van der Waals surface area contributed by atoms with E-state index in [0.717, 1.165) is 6.07 Å². The number of carbonyl (C=O) groups excluding carboxylic acids is 1. The number of ether oxygens (including phenoxy) is 2. The van der Waals surface area contributed by atoms with Crippen molar-refractivity contribution in [2.24, 2.45) is 0 Å². The zero-order chi connectivity index (χ0) is 14.7. The summed E-state index contributed by atoms with van der Waals surface area (Å²) in [6, 6.07) is 9.22. The second-order valence-electron chi connectivity index (χ2n) is 4.10. The van der Waals surface area contributed by atoms with Crippen LogP contribution in [0.15, 0.2) is 40.9 Å². The fraction of sp³-hybridized carbons (Fsp3) is 0.133. The Morgan fingerprint density at radius 2 is 1.85 bits per heavy atom. The molecular formula is C15H12BrFO3. The van der Waals surface area contributed by atoms with Crippen LogP contribution in [0.4, 0.5) is 4.39 Å². The van der Waals surface area contributed by atoms with Crippen molar-refractivity contribution in [2.45, 2.75) is 6.92 Å². The second kappa shape index (κ2) is 6.05. The molecule has 0 aliphatic heterocycles. The third-order valence-corrected chi connectivity index (χ3v) is 3.32. The number of methoxy groups -OCH3 is 1. The number of rotatable bonds is 4. The van der Waals surface area contributed by atoms with Crippen molar-refractivity contribution in [2.75, 3.05) is 7.11 Å². The number of Topliss-reactive ketones (excluding diaryl/α,β-unsaturated/α-hetero) is 1. The molecule has 0 spiro atoms. The SMILES string of the molecule is COc1ccc(Oc2ccc(C(C)=O)cc2F)c(Br)c1. The normalized spacial score (nSPS) is 10.2. The highest BCUT2D eigenvalue weighted by Crippen LogP contribution is 2.33. The van der Waals surface area contributed by atoms with Gasteiger partial charge in [-0.05, 0) is 59.3 Å². The van der Waals surface area contributed by atoms with E-state index < -0.39 is 5.82 Å². The summed E-state index contributed by atoms with van der Waals surface area (Å²) in [6.07, 6.45) is 0. The zero-order valence-electron chi connectivity index (χ0n) is 10.9. The van der Waals surface area contributed by atoms with Gasteiger partial charge in [-0.3, -0.25) is 4.79 Å². The van der Waals surface area contributed by atoms with Crippen LogP contribution in [0.1, 0.15) is 17.3 Å². The summed E-state index contributed by atoms with van der Waals surface area (Å²) in [6.45, 7) is 1.38. The third kappa shape index (κ3) is 3.17. The van der Waals surface area contributed by atoms with E-state index in [2.05, 4.69) is 15.9 Å². The van der Waals surface area contributed by atoms with Gasteiger partial charge in [0.25, 0.3) is 0 Å². The fourth-order valence-corrected chi connectivity index (χ4v) is 2.05. The van der Waals surface area contributed by atoms with Crippen LogP contribution in [0.2, 0.25) is 0 Å². The fourth-order valence-electron chi connectivity index (χ4n) is 1.61. The number of ketones is 1. The second-order valence-corrected chi connectivity index (χ2v) is 4.95. The largest absolute Gasteiger partial charge is 0.497 e. The highest BCUT2D eigenvalue weighted by molar-refractivity contribution is 9.10. The van der Waals surface area contributed by atoms with Gasteiger partial charge in [-0.1, -0.05) is 0 Å². The maximum absolute atomic E-state index is 13.9. The van der Waals surface area contributed by atoms with Crippen molar-refractivity contribution in [3.63, 3.8) is 0 Å². The lowest BCUT2D eigenvalue weighted by molar-refractivity contribution is 0.101. The van der Waals surface area contributed by atoms with E-state index in [1.54, 1.807) is 25.3 Å². The molecule has 0 fully saturated rings. The first kappa shape index (κ1) is 14.5. The van der Waals surface area contributed by atoms with Gasteiger partial charge in [0.05, 0.1) is 11.6 Å². The van der Waals surface area contributed by atoms with Gasteiger partial charge in [-0.2, -0.15) is 0 Å². The molecule has 0 saturated heterocycles. The molecule has 0 radical (unpaired) electrons. The van der Waals surface area contributed by atoms with E-state index in [4.69, 9.17) is 9.47 Å². The smallest absolute Gasteiger partial charge is 0.166 e. The average Bonchev–Trinajstić information content (AvgIpc) is 2.42. The van der Waals surface area contributed by atoms with Gasteiger partial charge in [0.2, 0.25) is 0 Å². The van der Waals surface area contributed by atoms with Gasteiger partial charge in [0.1, 0.15) is 11.5 Å². The van der Waals surface area contributed by atoms with Crippen LogP contribution in [0.3, 0.4) is 0 Å². The zero-order valence-corrected chi connectivity index (χ0v) is 12.5. The number of hydrogen-bond donors (Lipinski definition) is 0. The highest BCUT2D eigenvalue weighted by atomic mass is 79.9. The van der Waals surface area contributed by atoms with E-state index in [-0.39, 0.29) is 11.5 Å². The minimum absolute atomic E-state index is 0.0564. The Hall–Kier alpha value is -1.88. The first-order valence-electron chi connectivity index (χ1n) is 5.83. The van der Waals surface area contributed by atoms with Crippen molar-refractivity contribution < 1.29 is 18.7 Å². The minimum Gasteiger partial charge on any atom is -0.497 e. The molecule has 2 aromatic rings. The molecule has 0 unspecified atom stereocenters. The quantitative estimate of drug-likeness (QED) is 0.764. The lowest BCUT2D eigenvalue weighted by atomic mass is 10.1. The molecule has 0 aliphatic rings. The maximum atomic E-state index is 13.9. The molecule has 0 aliphatic carbocycles. The molecule has 2 aromatic carbocycles. The first-order valence-corrected chi connectivity index (χ1v) is 6.62. The summed E-state index contributed by atoms with van der Waals surface area (Å²) >= 11 is 3.33. The molecule has 2 rings (SSSR count). The van der Waals surface area contributed by atoms with E-state index in [0.29, 0.717) is 21.5 Å². The van der Waals surface area contributed by atoms with Gasteiger partial charge in [-0.15, -0.1) is 0 Å². The van der Waals surface area contributed by atoms with Gasteiger partial charge < -0.3 is 9.47 Å². The topological polar surface area (TPSA) is 35.5 Å². The molecule has 0 aromatic heterocycles. The van der Waals surface area contributed by atoms with Gasteiger partial charge in [0.15, 0.2) is 17.3 Å². The Kier molecular flexibility index (Phi) is 4.39. The Labute approximate surface area is 124 Å². The minimum atomic E-state index is -0.583. The van der Waals surface area contributed by atoms with Crippen LogP contribution in [-0.4, -0.2) is 12.9 Å². The predicted molar refractivity (Wildman–Crippen MR) is 77.2 cm³/mol. The number of halogens is 2. The van der Waals surface area contributed by atoms with Crippen LogP contribution in [0.5, 0.6) is 17.2 Å². The van der Waals surface area contributed by atoms with Gasteiger partial charge in [0, 0.05) is 5.56 Å². The van der Waals surface area contributed by atoms with Crippen LogP contribution < -0.4 is 9.47 Å². The molecule has 20 heavy (non-hydrogen) atoms. The molecule has 0 bridgehead atoms. The molecule has 0 heterocycles. The van der Waals surface area contributed by atoms with E-state index in [9.17, 15) is 9.18 Å². The maximum Gasteiger partial charge on any atom is 0.166 e.